The quantitative estimate of drug-likeness (QED) is 0.398. The third kappa shape index (κ3) is 5.03. The van der Waals surface area contributed by atoms with E-state index in [0.29, 0.717) is 28.8 Å². The normalized spacial score (nSPS) is 12.5. The molecule has 0 saturated heterocycles. The Kier molecular flexibility index (Phi) is 6.59. The van der Waals surface area contributed by atoms with Crippen LogP contribution in [0.2, 0.25) is 0 Å². The van der Waals surface area contributed by atoms with Crippen LogP contribution in [0, 0.1) is 6.92 Å². The third-order valence-electron chi connectivity index (χ3n) is 4.84. The number of rotatable bonds is 8. The fourth-order valence-corrected chi connectivity index (χ4v) is 3.10. The van der Waals surface area contributed by atoms with Crippen LogP contribution in [0.5, 0.6) is 0 Å². The van der Waals surface area contributed by atoms with Crippen LogP contribution in [0.4, 0.5) is 5.69 Å². The number of carbonyl (C=O) groups excluding carboxylic acids is 5. The second-order valence-electron chi connectivity index (χ2n) is 7.12. The van der Waals surface area contributed by atoms with Gasteiger partial charge in [-0.25, -0.2) is 0 Å². The summed E-state index contributed by atoms with van der Waals surface area (Å²) in [4.78, 5) is 61.4. The van der Waals surface area contributed by atoms with Crippen molar-refractivity contribution < 1.29 is 28.7 Å². The molecule has 0 radical (unpaired) electrons. The van der Waals surface area contributed by atoms with Gasteiger partial charge in [0.2, 0.25) is 5.91 Å². The summed E-state index contributed by atoms with van der Waals surface area (Å²) in [6.45, 7) is 2.98. The Balaban J connectivity index is 1.48. The highest BCUT2D eigenvalue weighted by Gasteiger charge is 2.35. The summed E-state index contributed by atoms with van der Waals surface area (Å²) in [6.07, 6.45) is 0.136. The minimum absolute atomic E-state index is 0.121. The number of fused-ring (bicyclic) bond motifs is 1. The fraction of sp³-hybridized carbons (Fsp3) is 0.261. The van der Waals surface area contributed by atoms with Crippen LogP contribution in [0.25, 0.3) is 0 Å². The number of anilines is 1. The van der Waals surface area contributed by atoms with E-state index in [9.17, 15) is 24.0 Å². The highest BCUT2D eigenvalue weighted by molar-refractivity contribution is 6.21. The molecule has 0 aliphatic carbocycles. The molecule has 3 amide bonds. The molecule has 0 saturated carbocycles. The highest BCUT2D eigenvalue weighted by Crippen LogP contribution is 2.24. The van der Waals surface area contributed by atoms with Gasteiger partial charge in [-0.3, -0.25) is 28.9 Å². The molecule has 0 unspecified atom stereocenters. The molecule has 8 heteroatoms. The van der Waals surface area contributed by atoms with E-state index in [1.54, 1.807) is 37.3 Å². The minimum atomic E-state index is -0.687. The molecule has 0 spiro atoms. The molecule has 8 nitrogen and oxygen atoms in total. The summed E-state index contributed by atoms with van der Waals surface area (Å²) in [5, 5.41) is 2.67. The number of hydrogen-bond donors (Lipinski definition) is 1. The molecule has 1 aliphatic heterocycles. The Morgan fingerprint density at radius 3 is 2.32 bits per heavy atom. The maximum absolute atomic E-state index is 12.4. The van der Waals surface area contributed by atoms with Crippen LogP contribution in [0.1, 0.15) is 56.4 Å². The van der Waals surface area contributed by atoms with E-state index < -0.39 is 30.2 Å². The molecule has 0 aromatic heterocycles. The summed E-state index contributed by atoms with van der Waals surface area (Å²) in [5.74, 6) is -2.12. The zero-order valence-electron chi connectivity index (χ0n) is 17.3. The van der Waals surface area contributed by atoms with Gasteiger partial charge in [-0.2, -0.15) is 0 Å². The predicted molar refractivity (Wildman–Crippen MR) is 112 cm³/mol. The average Bonchev–Trinajstić information content (AvgIpc) is 3.00. The first-order chi connectivity index (χ1) is 14.8. The van der Waals surface area contributed by atoms with Gasteiger partial charge in [0.05, 0.1) is 17.5 Å². The summed E-state index contributed by atoms with van der Waals surface area (Å²) in [5.41, 5.74) is 2.40. The van der Waals surface area contributed by atoms with Crippen molar-refractivity contribution in [3.05, 3.63) is 64.7 Å². The van der Waals surface area contributed by atoms with Crippen molar-refractivity contribution in [3.8, 4) is 0 Å². The van der Waals surface area contributed by atoms with E-state index in [4.69, 9.17) is 4.74 Å². The topological polar surface area (TPSA) is 110 Å². The predicted octanol–water partition coefficient (Wildman–Crippen LogP) is 2.76. The number of nitrogens with zero attached hydrogens (tertiary/aromatic N) is 1. The molecule has 0 bridgehead atoms. The smallest absolute Gasteiger partial charge is 0.308 e. The standard InChI is InChI=1S/C23H22N2O6/c1-3-20(27)24-16-7-5-15(6-8-16)19(26)13-31-21(28)10-11-25-22(29)17-9-4-14(2)12-18(17)23(25)30/h4-9,12H,3,10-11,13H2,1-2H3,(H,24,27). The van der Waals surface area contributed by atoms with Crippen molar-refractivity contribution in [2.24, 2.45) is 0 Å². The summed E-state index contributed by atoms with van der Waals surface area (Å²) in [7, 11) is 0. The molecule has 31 heavy (non-hydrogen) atoms. The van der Waals surface area contributed by atoms with Crippen LogP contribution in [-0.4, -0.2) is 47.5 Å². The van der Waals surface area contributed by atoms with Crippen molar-refractivity contribution in [1.29, 1.82) is 0 Å². The average molecular weight is 422 g/mol. The molecule has 3 rings (SSSR count). The maximum atomic E-state index is 12.4. The van der Waals surface area contributed by atoms with Gasteiger partial charge >= 0.3 is 5.97 Å². The number of amides is 3. The molecule has 1 heterocycles. The summed E-state index contributed by atoms with van der Waals surface area (Å²) < 4.78 is 4.99. The molecule has 1 N–H and O–H groups in total. The van der Waals surface area contributed by atoms with Gasteiger partial charge in [-0.15, -0.1) is 0 Å². The van der Waals surface area contributed by atoms with E-state index in [2.05, 4.69) is 5.32 Å². The van der Waals surface area contributed by atoms with Gasteiger partial charge < -0.3 is 10.1 Å². The van der Waals surface area contributed by atoms with E-state index in [-0.39, 0.29) is 18.9 Å². The molecule has 0 fully saturated rings. The van der Waals surface area contributed by atoms with Gasteiger partial charge in [-0.1, -0.05) is 18.6 Å². The largest absolute Gasteiger partial charge is 0.457 e. The molecule has 1 aliphatic rings. The fourth-order valence-electron chi connectivity index (χ4n) is 3.10. The van der Waals surface area contributed by atoms with E-state index in [1.165, 1.54) is 12.1 Å². The second kappa shape index (κ2) is 9.34. The number of benzene rings is 2. The number of carbonyl (C=O) groups is 5. The van der Waals surface area contributed by atoms with E-state index in [1.807, 2.05) is 6.92 Å². The third-order valence-corrected chi connectivity index (χ3v) is 4.84. The summed E-state index contributed by atoms with van der Waals surface area (Å²) >= 11 is 0. The Hall–Kier alpha value is -3.81. The van der Waals surface area contributed by atoms with Gasteiger partial charge in [0.25, 0.3) is 11.8 Å². The first kappa shape index (κ1) is 21.9. The summed E-state index contributed by atoms with van der Waals surface area (Å²) in [6, 6.07) is 11.2. The van der Waals surface area contributed by atoms with Crippen LogP contribution in [0.3, 0.4) is 0 Å². The van der Waals surface area contributed by atoms with Crippen molar-refractivity contribution in [3.63, 3.8) is 0 Å². The van der Waals surface area contributed by atoms with Gasteiger partial charge in [-0.05, 0) is 43.3 Å². The number of ketones is 1. The number of esters is 1. The Morgan fingerprint density at radius 1 is 0.968 bits per heavy atom. The molecule has 0 atom stereocenters. The van der Waals surface area contributed by atoms with Crippen LogP contribution >= 0.6 is 0 Å². The molecule has 2 aromatic rings. The lowest BCUT2D eigenvalue weighted by atomic mass is 10.1. The van der Waals surface area contributed by atoms with Crippen LogP contribution in [-0.2, 0) is 14.3 Å². The van der Waals surface area contributed by atoms with E-state index >= 15 is 0 Å². The first-order valence-electron chi connectivity index (χ1n) is 9.85. The number of aryl methyl sites for hydroxylation is 1. The maximum Gasteiger partial charge on any atom is 0.308 e. The lowest BCUT2D eigenvalue weighted by molar-refractivity contribution is -0.142. The highest BCUT2D eigenvalue weighted by atomic mass is 16.5. The van der Waals surface area contributed by atoms with Crippen molar-refractivity contribution in [2.75, 3.05) is 18.5 Å². The van der Waals surface area contributed by atoms with Gasteiger partial charge in [0.15, 0.2) is 12.4 Å². The minimum Gasteiger partial charge on any atom is -0.457 e. The SMILES string of the molecule is CCC(=O)Nc1ccc(C(=O)COC(=O)CCN2C(=O)c3ccc(C)cc3C2=O)cc1. The number of Topliss-reactive ketones (excluding diaryl/α,β-unsaturated/α-hetero) is 1. The van der Waals surface area contributed by atoms with Gasteiger partial charge in [0, 0.05) is 24.2 Å². The number of imide groups is 1. The Bertz CT molecular complexity index is 1060. The van der Waals surface area contributed by atoms with Gasteiger partial charge in [0.1, 0.15) is 0 Å². The molecule has 160 valence electrons. The number of hydrogen-bond acceptors (Lipinski definition) is 6. The van der Waals surface area contributed by atoms with Crippen LogP contribution < -0.4 is 5.32 Å². The lowest BCUT2D eigenvalue weighted by Crippen LogP contribution is -2.32. The van der Waals surface area contributed by atoms with Crippen molar-refractivity contribution >= 4 is 35.2 Å². The second-order valence-corrected chi connectivity index (χ2v) is 7.12. The molecular weight excluding hydrogens is 400 g/mol. The Morgan fingerprint density at radius 2 is 1.65 bits per heavy atom. The monoisotopic (exact) mass is 422 g/mol. The molecule has 2 aromatic carbocycles. The zero-order valence-corrected chi connectivity index (χ0v) is 17.3. The Labute approximate surface area is 179 Å². The number of ether oxygens (including phenoxy) is 1. The number of nitrogens with one attached hydrogen (secondary N) is 1. The van der Waals surface area contributed by atoms with Crippen molar-refractivity contribution in [2.45, 2.75) is 26.7 Å². The zero-order chi connectivity index (χ0) is 22.5. The first-order valence-corrected chi connectivity index (χ1v) is 9.85. The molecular formula is C23H22N2O6. The van der Waals surface area contributed by atoms with E-state index in [0.717, 1.165) is 10.5 Å². The lowest BCUT2D eigenvalue weighted by Gasteiger charge is -2.13. The van der Waals surface area contributed by atoms with Crippen molar-refractivity contribution in [1.82, 2.24) is 4.90 Å². The van der Waals surface area contributed by atoms with Crippen LogP contribution in [0.15, 0.2) is 42.5 Å².